The first-order valence-electron chi connectivity index (χ1n) is 13.5. The lowest BCUT2D eigenvalue weighted by Crippen LogP contribution is -2.48. The number of imidazole rings is 1. The van der Waals surface area contributed by atoms with Crippen LogP contribution < -0.4 is 0 Å². The summed E-state index contributed by atoms with van der Waals surface area (Å²) >= 11 is 0. The van der Waals surface area contributed by atoms with E-state index in [1.807, 2.05) is 36.9 Å². The molecule has 0 spiro atoms. The molecule has 1 aromatic heterocycles. The zero-order chi connectivity index (χ0) is 27.4. The van der Waals surface area contributed by atoms with Crippen molar-refractivity contribution in [2.24, 2.45) is 0 Å². The fourth-order valence-corrected chi connectivity index (χ4v) is 6.62. The summed E-state index contributed by atoms with van der Waals surface area (Å²) in [6.45, 7) is 8.63. The molecule has 0 aliphatic carbocycles. The van der Waals surface area contributed by atoms with Gasteiger partial charge >= 0.3 is 0 Å². The lowest BCUT2D eigenvalue weighted by Gasteiger charge is -2.34. The summed E-state index contributed by atoms with van der Waals surface area (Å²) in [6, 6.07) is 25.0. The van der Waals surface area contributed by atoms with E-state index in [-0.39, 0.29) is 10.8 Å². The molecule has 9 heteroatoms. The number of para-hydroxylation sites is 2. The van der Waals surface area contributed by atoms with E-state index in [1.165, 1.54) is 22.0 Å². The molecule has 3 aromatic carbocycles. The molecular weight excluding hydrogens is 510 g/mol. The first-order valence-corrected chi connectivity index (χ1v) is 14.9. The number of carbonyl (C=O) groups excluding carboxylic acids is 1. The number of nitrogens with zero attached hydrogens (tertiary/aromatic N) is 5. The number of carbonyl (C=O) groups is 1. The van der Waals surface area contributed by atoms with E-state index < -0.39 is 10.0 Å². The highest BCUT2D eigenvalue weighted by molar-refractivity contribution is 7.89. The average molecular weight is 546 g/mol. The van der Waals surface area contributed by atoms with E-state index in [9.17, 15) is 13.2 Å². The summed E-state index contributed by atoms with van der Waals surface area (Å²) in [5, 5.41) is 0. The number of aromatic nitrogens is 2. The van der Waals surface area contributed by atoms with Crippen molar-refractivity contribution in [1.29, 1.82) is 0 Å². The summed E-state index contributed by atoms with van der Waals surface area (Å²) in [7, 11) is -3.55. The molecule has 2 heterocycles. The van der Waals surface area contributed by atoms with Gasteiger partial charge in [-0.2, -0.15) is 4.31 Å². The molecule has 204 valence electrons. The van der Waals surface area contributed by atoms with Gasteiger partial charge < -0.3 is 9.47 Å². The number of rotatable bonds is 9. The molecular formula is C30H35N5O3S. The first kappa shape index (κ1) is 27.1. The second-order valence-electron chi connectivity index (χ2n) is 9.77. The Labute approximate surface area is 230 Å². The highest BCUT2D eigenvalue weighted by Gasteiger charge is 2.25. The fourth-order valence-electron chi connectivity index (χ4n) is 5.16. The van der Waals surface area contributed by atoms with Crippen molar-refractivity contribution in [2.75, 3.05) is 39.3 Å². The number of amides is 1. The van der Waals surface area contributed by atoms with E-state index in [0.717, 1.165) is 36.5 Å². The summed E-state index contributed by atoms with van der Waals surface area (Å²) in [4.78, 5) is 22.5. The third-order valence-electron chi connectivity index (χ3n) is 7.39. The Morgan fingerprint density at radius 2 is 1.46 bits per heavy atom. The number of benzene rings is 3. The summed E-state index contributed by atoms with van der Waals surface area (Å²) in [6.07, 6.45) is 0. The zero-order valence-corrected chi connectivity index (χ0v) is 23.3. The topological polar surface area (TPSA) is 78.8 Å². The number of sulfonamides is 1. The Hall–Kier alpha value is -3.53. The van der Waals surface area contributed by atoms with Gasteiger partial charge in [0, 0.05) is 51.4 Å². The van der Waals surface area contributed by atoms with Gasteiger partial charge in [-0.3, -0.25) is 9.69 Å². The van der Waals surface area contributed by atoms with Crippen LogP contribution in [0.1, 0.15) is 35.6 Å². The number of piperazine rings is 1. The molecule has 5 rings (SSSR count). The van der Waals surface area contributed by atoms with E-state index >= 15 is 0 Å². The van der Waals surface area contributed by atoms with Gasteiger partial charge in [0.25, 0.3) is 5.91 Å². The maximum atomic E-state index is 13.2. The minimum Gasteiger partial charge on any atom is -0.336 e. The Bertz CT molecular complexity index is 1520. The van der Waals surface area contributed by atoms with Gasteiger partial charge in [0.15, 0.2) is 0 Å². The molecule has 0 unspecified atom stereocenters. The Balaban J connectivity index is 1.24. The van der Waals surface area contributed by atoms with Crippen molar-refractivity contribution in [3.05, 3.63) is 95.8 Å². The van der Waals surface area contributed by atoms with Crippen LogP contribution in [-0.2, 0) is 23.1 Å². The average Bonchev–Trinajstić information content (AvgIpc) is 3.30. The van der Waals surface area contributed by atoms with Gasteiger partial charge in [0.05, 0.1) is 22.5 Å². The third kappa shape index (κ3) is 5.75. The number of fused-ring (bicyclic) bond motifs is 1. The minimum absolute atomic E-state index is 0.0715. The van der Waals surface area contributed by atoms with Crippen molar-refractivity contribution >= 4 is 27.0 Å². The molecule has 1 saturated heterocycles. The predicted molar refractivity (Wildman–Crippen MR) is 153 cm³/mol. The summed E-state index contributed by atoms with van der Waals surface area (Å²) < 4.78 is 29.2. The van der Waals surface area contributed by atoms with Gasteiger partial charge in [0.1, 0.15) is 5.82 Å². The quantitative estimate of drug-likeness (QED) is 0.317. The standard InChI is InChI=1S/C30H35N5O3S/c1-3-34(4-2)39(37,38)26-16-14-25(15-17-26)30(36)33-20-18-32(19-21-33)23-29-31-27-12-8-9-13-28(27)35(29)22-24-10-6-5-7-11-24/h5-17H,3-4,18-23H2,1-2H3. The van der Waals surface area contributed by atoms with Gasteiger partial charge in [-0.25, -0.2) is 13.4 Å². The van der Waals surface area contributed by atoms with E-state index in [2.05, 4.69) is 45.9 Å². The molecule has 0 saturated carbocycles. The van der Waals surface area contributed by atoms with Gasteiger partial charge in [0.2, 0.25) is 10.0 Å². The minimum atomic E-state index is -3.55. The maximum Gasteiger partial charge on any atom is 0.253 e. The van der Waals surface area contributed by atoms with Crippen LogP contribution in [0.4, 0.5) is 0 Å². The van der Waals surface area contributed by atoms with Gasteiger partial charge in [-0.1, -0.05) is 56.3 Å². The molecule has 0 atom stereocenters. The van der Waals surface area contributed by atoms with Crippen molar-refractivity contribution in [3.8, 4) is 0 Å². The van der Waals surface area contributed by atoms with E-state index in [4.69, 9.17) is 4.98 Å². The molecule has 39 heavy (non-hydrogen) atoms. The normalized spacial score (nSPS) is 14.8. The van der Waals surface area contributed by atoms with Crippen LogP contribution in [-0.4, -0.2) is 77.2 Å². The van der Waals surface area contributed by atoms with Crippen LogP contribution in [0.3, 0.4) is 0 Å². The fraction of sp³-hybridized carbons (Fsp3) is 0.333. The lowest BCUT2D eigenvalue weighted by molar-refractivity contribution is 0.0624. The van der Waals surface area contributed by atoms with Crippen molar-refractivity contribution in [2.45, 2.75) is 31.8 Å². The highest BCUT2D eigenvalue weighted by atomic mass is 32.2. The van der Waals surface area contributed by atoms with Crippen molar-refractivity contribution in [3.63, 3.8) is 0 Å². The zero-order valence-electron chi connectivity index (χ0n) is 22.5. The molecule has 1 amide bonds. The SMILES string of the molecule is CCN(CC)S(=O)(=O)c1ccc(C(=O)N2CCN(Cc3nc4ccccc4n3Cc3ccccc3)CC2)cc1. The highest BCUT2D eigenvalue weighted by Crippen LogP contribution is 2.21. The van der Waals surface area contributed by atoms with Crippen LogP contribution >= 0.6 is 0 Å². The second kappa shape index (κ2) is 11.7. The molecule has 0 bridgehead atoms. The first-order chi connectivity index (χ1) is 18.9. The number of hydrogen-bond acceptors (Lipinski definition) is 5. The van der Waals surface area contributed by atoms with E-state index in [0.29, 0.717) is 38.3 Å². The monoisotopic (exact) mass is 545 g/mol. The largest absolute Gasteiger partial charge is 0.336 e. The predicted octanol–water partition coefficient (Wildman–Crippen LogP) is 4.07. The van der Waals surface area contributed by atoms with Crippen LogP contribution in [0.2, 0.25) is 0 Å². The Morgan fingerprint density at radius 1 is 0.821 bits per heavy atom. The van der Waals surface area contributed by atoms with Crippen molar-refractivity contribution < 1.29 is 13.2 Å². The molecule has 1 aliphatic heterocycles. The third-order valence-corrected chi connectivity index (χ3v) is 9.45. The second-order valence-corrected chi connectivity index (χ2v) is 11.7. The van der Waals surface area contributed by atoms with Crippen LogP contribution in [0, 0.1) is 0 Å². The summed E-state index contributed by atoms with van der Waals surface area (Å²) in [5.74, 6) is 0.947. The lowest BCUT2D eigenvalue weighted by atomic mass is 10.2. The maximum absolute atomic E-state index is 13.2. The Morgan fingerprint density at radius 3 is 2.13 bits per heavy atom. The van der Waals surface area contributed by atoms with Crippen LogP contribution in [0.5, 0.6) is 0 Å². The Kier molecular flexibility index (Phi) is 8.11. The van der Waals surface area contributed by atoms with Crippen LogP contribution in [0.25, 0.3) is 11.0 Å². The molecule has 1 aliphatic rings. The molecule has 4 aromatic rings. The van der Waals surface area contributed by atoms with Gasteiger partial charge in [-0.05, 0) is 42.0 Å². The smallest absolute Gasteiger partial charge is 0.253 e. The summed E-state index contributed by atoms with van der Waals surface area (Å²) in [5.41, 5.74) is 3.85. The number of hydrogen-bond donors (Lipinski definition) is 0. The molecule has 0 N–H and O–H groups in total. The van der Waals surface area contributed by atoms with Crippen molar-refractivity contribution in [1.82, 2.24) is 23.7 Å². The molecule has 8 nitrogen and oxygen atoms in total. The van der Waals surface area contributed by atoms with E-state index in [1.54, 1.807) is 12.1 Å². The van der Waals surface area contributed by atoms with Gasteiger partial charge in [-0.15, -0.1) is 0 Å². The molecule has 1 fully saturated rings. The van der Waals surface area contributed by atoms with Crippen LogP contribution in [0.15, 0.2) is 83.8 Å². The molecule has 0 radical (unpaired) electrons.